The topological polar surface area (TPSA) is 77.3 Å². The number of Topliss-reactive ketones (excluding diaryl/α,β-unsaturated/α-hetero) is 2. The average molecular weight is 301 g/mol. The molecule has 116 valence electrons. The number of hydrogen-bond acceptors (Lipinski definition) is 4. The highest BCUT2D eigenvalue weighted by molar-refractivity contribution is 6.14. The lowest BCUT2D eigenvalue weighted by Gasteiger charge is -2.32. The molecule has 0 spiro atoms. The molecule has 0 N–H and O–H groups in total. The van der Waals surface area contributed by atoms with Gasteiger partial charge in [-0.1, -0.05) is 20.8 Å². The van der Waals surface area contributed by atoms with E-state index in [-0.39, 0.29) is 28.6 Å². The largest absolute Gasteiger partial charge is 0.298 e. The highest BCUT2D eigenvalue weighted by Gasteiger charge is 2.67. The predicted octanol–water partition coefficient (Wildman–Crippen LogP) is 3.42. The summed E-state index contributed by atoms with van der Waals surface area (Å²) in [5.41, 5.74) is -0.275. The number of nitro benzene ring substituents is 1. The van der Waals surface area contributed by atoms with Crippen molar-refractivity contribution in [1.29, 1.82) is 0 Å². The van der Waals surface area contributed by atoms with E-state index in [1.54, 1.807) is 0 Å². The van der Waals surface area contributed by atoms with Crippen molar-refractivity contribution in [2.45, 2.75) is 33.6 Å². The Morgan fingerprint density at radius 3 is 2.27 bits per heavy atom. The van der Waals surface area contributed by atoms with Crippen LogP contribution in [0.1, 0.15) is 44.0 Å². The second kappa shape index (κ2) is 4.48. The molecule has 5 nitrogen and oxygen atoms in total. The summed E-state index contributed by atoms with van der Waals surface area (Å²) in [6.45, 7) is 6.12. The minimum atomic E-state index is -0.602. The van der Waals surface area contributed by atoms with E-state index in [1.165, 1.54) is 24.3 Å². The zero-order chi connectivity index (χ0) is 16.3. The minimum Gasteiger partial charge on any atom is -0.298 e. The first-order valence-electron chi connectivity index (χ1n) is 7.53. The summed E-state index contributed by atoms with van der Waals surface area (Å²) in [5.74, 6) is -0.693. The Balaban J connectivity index is 1.94. The molecule has 3 rings (SSSR count). The SMILES string of the molecule is CC12CCC(C(C(=O)c3ccc([N+](=O)[O-])cc3)C1=O)C2(C)C. The maximum atomic E-state index is 12.8. The van der Waals surface area contributed by atoms with Crippen molar-refractivity contribution in [3.8, 4) is 0 Å². The normalized spacial score (nSPS) is 32.2. The molecular formula is C17H19NO4. The molecule has 3 unspecified atom stereocenters. The van der Waals surface area contributed by atoms with Crippen molar-refractivity contribution < 1.29 is 14.5 Å². The van der Waals surface area contributed by atoms with Gasteiger partial charge in [0.25, 0.3) is 5.69 Å². The molecule has 0 aromatic heterocycles. The fourth-order valence-corrected chi connectivity index (χ4v) is 4.32. The third kappa shape index (κ3) is 1.71. The highest BCUT2D eigenvalue weighted by atomic mass is 16.6. The summed E-state index contributed by atoms with van der Waals surface area (Å²) < 4.78 is 0. The van der Waals surface area contributed by atoms with E-state index in [0.717, 1.165) is 12.8 Å². The van der Waals surface area contributed by atoms with Gasteiger partial charge in [-0.25, -0.2) is 0 Å². The van der Waals surface area contributed by atoms with Crippen LogP contribution in [0.4, 0.5) is 5.69 Å². The van der Waals surface area contributed by atoms with Crippen molar-refractivity contribution >= 4 is 17.3 Å². The van der Waals surface area contributed by atoms with Crippen molar-refractivity contribution in [3.63, 3.8) is 0 Å². The van der Waals surface area contributed by atoms with Gasteiger partial charge in [0.15, 0.2) is 5.78 Å². The molecule has 1 aromatic carbocycles. The minimum absolute atomic E-state index is 0.0390. The first-order chi connectivity index (χ1) is 10.2. The molecule has 1 aromatic rings. The summed E-state index contributed by atoms with van der Waals surface area (Å²) >= 11 is 0. The third-order valence-corrected chi connectivity index (χ3v) is 6.18. The Hall–Kier alpha value is -2.04. The van der Waals surface area contributed by atoms with Crippen LogP contribution >= 0.6 is 0 Å². The van der Waals surface area contributed by atoms with Crippen molar-refractivity contribution in [2.75, 3.05) is 0 Å². The number of rotatable bonds is 3. The van der Waals surface area contributed by atoms with E-state index < -0.39 is 16.3 Å². The van der Waals surface area contributed by atoms with Crippen LogP contribution in [0.2, 0.25) is 0 Å². The molecule has 0 saturated heterocycles. The van der Waals surface area contributed by atoms with Crippen LogP contribution in [-0.2, 0) is 4.79 Å². The number of ketones is 2. The van der Waals surface area contributed by atoms with Crippen molar-refractivity contribution in [3.05, 3.63) is 39.9 Å². The highest BCUT2D eigenvalue weighted by Crippen LogP contribution is 2.66. The molecule has 2 fully saturated rings. The van der Waals surface area contributed by atoms with Gasteiger partial charge in [0.05, 0.1) is 10.8 Å². The van der Waals surface area contributed by atoms with Crippen LogP contribution in [0.15, 0.2) is 24.3 Å². The van der Waals surface area contributed by atoms with Gasteiger partial charge in [-0.2, -0.15) is 0 Å². The number of fused-ring (bicyclic) bond motifs is 2. The lowest BCUT2D eigenvalue weighted by molar-refractivity contribution is -0.384. The molecule has 0 aliphatic heterocycles. The fraction of sp³-hybridized carbons (Fsp3) is 0.529. The van der Waals surface area contributed by atoms with Gasteiger partial charge >= 0.3 is 0 Å². The summed E-state index contributed by atoms with van der Waals surface area (Å²) in [5, 5.41) is 10.7. The molecule has 2 saturated carbocycles. The molecule has 5 heteroatoms. The Morgan fingerprint density at radius 1 is 1.23 bits per heavy atom. The Bertz CT molecular complexity index is 676. The van der Waals surface area contributed by atoms with E-state index in [4.69, 9.17) is 0 Å². The lowest BCUT2D eigenvalue weighted by atomic mass is 9.70. The van der Waals surface area contributed by atoms with Crippen LogP contribution in [-0.4, -0.2) is 16.5 Å². The molecule has 2 aliphatic carbocycles. The summed E-state index contributed by atoms with van der Waals surface area (Å²) in [7, 11) is 0. The third-order valence-electron chi connectivity index (χ3n) is 6.18. The molecule has 0 heterocycles. The second-order valence-corrected chi connectivity index (χ2v) is 7.21. The molecule has 3 atom stereocenters. The molecular weight excluding hydrogens is 282 g/mol. The fourth-order valence-electron chi connectivity index (χ4n) is 4.32. The van der Waals surface area contributed by atoms with Crippen LogP contribution in [0.5, 0.6) is 0 Å². The molecule has 0 radical (unpaired) electrons. The summed E-state index contributed by atoms with van der Waals surface area (Å²) in [4.78, 5) is 35.7. The van der Waals surface area contributed by atoms with Crippen LogP contribution in [0.3, 0.4) is 0 Å². The van der Waals surface area contributed by atoms with Gasteiger partial charge in [-0.05, 0) is 36.3 Å². The van der Waals surface area contributed by atoms with E-state index in [9.17, 15) is 19.7 Å². The maximum Gasteiger partial charge on any atom is 0.269 e. The van der Waals surface area contributed by atoms with Crippen LogP contribution in [0.25, 0.3) is 0 Å². The predicted molar refractivity (Wildman–Crippen MR) is 80.5 cm³/mol. The monoisotopic (exact) mass is 301 g/mol. The maximum absolute atomic E-state index is 12.8. The summed E-state index contributed by atoms with van der Waals surface area (Å²) in [6, 6.07) is 5.54. The molecule has 2 bridgehead atoms. The van der Waals surface area contributed by atoms with Crippen molar-refractivity contribution in [1.82, 2.24) is 0 Å². The molecule has 0 amide bonds. The smallest absolute Gasteiger partial charge is 0.269 e. The number of carbonyl (C=O) groups is 2. The first kappa shape index (κ1) is 14.9. The Morgan fingerprint density at radius 2 is 1.82 bits per heavy atom. The van der Waals surface area contributed by atoms with Gasteiger partial charge in [-0.15, -0.1) is 0 Å². The number of benzene rings is 1. The first-order valence-corrected chi connectivity index (χ1v) is 7.53. The quantitative estimate of drug-likeness (QED) is 0.371. The zero-order valence-electron chi connectivity index (χ0n) is 13.0. The molecule has 2 aliphatic rings. The second-order valence-electron chi connectivity index (χ2n) is 7.21. The number of hydrogen-bond donors (Lipinski definition) is 0. The number of nitrogens with zero attached hydrogens (tertiary/aromatic N) is 1. The van der Waals surface area contributed by atoms with E-state index in [2.05, 4.69) is 13.8 Å². The lowest BCUT2D eigenvalue weighted by Crippen LogP contribution is -2.35. The number of nitro groups is 1. The van der Waals surface area contributed by atoms with E-state index in [0.29, 0.717) is 5.56 Å². The van der Waals surface area contributed by atoms with E-state index >= 15 is 0 Å². The number of non-ortho nitro benzene ring substituents is 1. The average Bonchev–Trinajstić information content (AvgIpc) is 2.79. The Kier molecular flexibility index (Phi) is 3.03. The van der Waals surface area contributed by atoms with Crippen LogP contribution < -0.4 is 0 Å². The van der Waals surface area contributed by atoms with E-state index in [1.807, 2.05) is 6.92 Å². The van der Waals surface area contributed by atoms with Crippen LogP contribution in [0, 0.1) is 32.8 Å². The molecule has 22 heavy (non-hydrogen) atoms. The standard InChI is InChI=1S/C17H19NO4/c1-16(2)12-8-9-17(16,3)15(20)13(12)14(19)10-4-6-11(7-5-10)18(21)22/h4-7,12-13H,8-9H2,1-3H3. The van der Waals surface area contributed by atoms with Gasteiger partial charge in [0, 0.05) is 23.1 Å². The van der Waals surface area contributed by atoms with Crippen molar-refractivity contribution in [2.24, 2.45) is 22.7 Å². The Labute approximate surface area is 128 Å². The zero-order valence-corrected chi connectivity index (χ0v) is 13.0. The van der Waals surface area contributed by atoms with Gasteiger partial charge < -0.3 is 0 Å². The van der Waals surface area contributed by atoms with Gasteiger partial charge in [0.2, 0.25) is 0 Å². The summed E-state index contributed by atoms with van der Waals surface area (Å²) in [6.07, 6.45) is 1.73. The number of carbonyl (C=O) groups excluding carboxylic acids is 2. The van der Waals surface area contributed by atoms with Gasteiger partial charge in [0.1, 0.15) is 5.78 Å². The van der Waals surface area contributed by atoms with Gasteiger partial charge in [-0.3, -0.25) is 19.7 Å².